The largest absolute Gasteiger partial charge is 0.365 e. The summed E-state index contributed by atoms with van der Waals surface area (Å²) in [6.45, 7) is 3.77. The second-order valence-electron chi connectivity index (χ2n) is 4.43. The van der Waals surface area contributed by atoms with E-state index in [1.807, 2.05) is 13.8 Å². The van der Waals surface area contributed by atoms with Crippen molar-refractivity contribution in [2.45, 2.75) is 38.9 Å². The summed E-state index contributed by atoms with van der Waals surface area (Å²) in [7, 11) is 0. The van der Waals surface area contributed by atoms with E-state index in [1.165, 1.54) is 0 Å². The van der Waals surface area contributed by atoms with E-state index in [0.29, 0.717) is 10.8 Å². The summed E-state index contributed by atoms with van der Waals surface area (Å²) >= 11 is 11.7. The molecule has 1 aromatic rings. The molecule has 2 rings (SSSR count). The van der Waals surface area contributed by atoms with Crippen LogP contribution in [0.5, 0.6) is 0 Å². The highest BCUT2D eigenvalue weighted by Gasteiger charge is 2.28. The number of aromatic nitrogens is 1. The van der Waals surface area contributed by atoms with Crippen molar-refractivity contribution >= 4 is 34.8 Å². The molecule has 0 saturated carbocycles. The van der Waals surface area contributed by atoms with Crippen LogP contribution >= 0.6 is 23.2 Å². The number of ether oxygens (including phenoxy) is 1. The molecule has 0 radical (unpaired) electrons. The van der Waals surface area contributed by atoms with E-state index < -0.39 is 6.10 Å². The van der Waals surface area contributed by atoms with Gasteiger partial charge in [0.25, 0.3) is 5.91 Å². The third kappa shape index (κ3) is 2.94. The van der Waals surface area contributed by atoms with Gasteiger partial charge in [-0.1, -0.05) is 23.2 Å². The first kappa shape index (κ1) is 13.6. The minimum atomic E-state index is -0.411. The molecule has 2 heterocycles. The van der Waals surface area contributed by atoms with Crippen molar-refractivity contribution in [1.29, 1.82) is 0 Å². The molecule has 2 unspecified atom stereocenters. The molecule has 1 aromatic heterocycles. The second-order valence-corrected chi connectivity index (χ2v) is 5.17. The van der Waals surface area contributed by atoms with Gasteiger partial charge in [0.15, 0.2) is 5.15 Å². The molecule has 1 amide bonds. The van der Waals surface area contributed by atoms with Gasteiger partial charge in [-0.05, 0) is 38.3 Å². The van der Waals surface area contributed by atoms with E-state index >= 15 is 0 Å². The van der Waals surface area contributed by atoms with E-state index in [1.54, 1.807) is 6.07 Å². The van der Waals surface area contributed by atoms with Crippen molar-refractivity contribution in [3.8, 4) is 0 Å². The topological polar surface area (TPSA) is 51.2 Å². The van der Waals surface area contributed by atoms with Crippen molar-refractivity contribution in [1.82, 2.24) is 4.98 Å². The Bertz CT molecular complexity index is 456. The lowest BCUT2D eigenvalue weighted by molar-refractivity contribution is -0.126. The van der Waals surface area contributed by atoms with Crippen LogP contribution < -0.4 is 5.32 Å². The standard InChI is InChI=1S/C12H14Cl2N2O2/c1-6-5-9(13)15-11(14)10(6)16-12(17)8-4-3-7(2)18-8/h5,7-8H,3-4H2,1-2H3,(H,16,17). The Morgan fingerprint density at radius 2 is 2.22 bits per heavy atom. The van der Waals surface area contributed by atoms with E-state index in [9.17, 15) is 4.79 Å². The highest BCUT2D eigenvalue weighted by molar-refractivity contribution is 6.34. The third-order valence-corrected chi connectivity index (χ3v) is 3.38. The average molecular weight is 289 g/mol. The number of halogens is 2. The van der Waals surface area contributed by atoms with E-state index in [-0.39, 0.29) is 17.2 Å². The number of aryl methyl sites for hydroxylation is 1. The van der Waals surface area contributed by atoms with E-state index in [4.69, 9.17) is 27.9 Å². The summed E-state index contributed by atoms with van der Waals surface area (Å²) in [5.41, 5.74) is 1.27. The van der Waals surface area contributed by atoms with Gasteiger partial charge < -0.3 is 10.1 Å². The molecule has 1 fully saturated rings. The maximum absolute atomic E-state index is 12.0. The van der Waals surface area contributed by atoms with Crippen molar-refractivity contribution in [3.63, 3.8) is 0 Å². The van der Waals surface area contributed by atoms with Crippen LogP contribution in [0.4, 0.5) is 5.69 Å². The van der Waals surface area contributed by atoms with Gasteiger partial charge in [-0.25, -0.2) is 4.98 Å². The summed E-state index contributed by atoms with van der Waals surface area (Å²) < 4.78 is 5.50. The minimum Gasteiger partial charge on any atom is -0.365 e. The number of nitrogens with one attached hydrogen (secondary N) is 1. The number of rotatable bonds is 2. The second kappa shape index (κ2) is 5.43. The molecule has 1 N–H and O–H groups in total. The average Bonchev–Trinajstić information content (AvgIpc) is 2.70. The molecule has 98 valence electrons. The van der Waals surface area contributed by atoms with Gasteiger partial charge in [-0.3, -0.25) is 4.79 Å². The van der Waals surface area contributed by atoms with Crippen molar-refractivity contribution in [3.05, 3.63) is 21.9 Å². The van der Waals surface area contributed by atoms with Gasteiger partial charge in [0.2, 0.25) is 0 Å². The molecule has 0 aromatic carbocycles. The van der Waals surface area contributed by atoms with Crippen LogP contribution in [0, 0.1) is 6.92 Å². The Kier molecular flexibility index (Phi) is 4.10. The van der Waals surface area contributed by atoms with E-state index in [0.717, 1.165) is 18.4 Å². The van der Waals surface area contributed by atoms with Crippen molar-refractivity contribution in [2.75, 3.05) is 5.32 Å². The molecular formula is C12H14Cl2N2O2. The van der Waals surface area contributed by atoms with Crippen molar-refractivity contribution in [2.24, 2.45) is 0 Å². The summed E-state index contributed by atoms with van der Waals surface area (Å²) in [6, 6.07) is 1.65. The third-order valence-electron chi connectivity index (χ3n) is 2.91. The maximum Gasteiger partial charge on any atom is 0.253 e. The zero-order valence-corrected chi connectivity index (χ0v) is 11.7. The molecule has 0 spiro atoms. The SMILES string of the molecule is Cc1cc(Cl)nc(Cl)c1NC(=O)C1CCC(C)O1. The van der Waals surface area contributed by atoms with Crippen LogP contribution in [0.15, 0.2) is 6.07 Å². The number of carbonyl (C=O) groups is 1. The fraction of sp³-hybridized carbons (Fsp3) is 0.500. The number of hydrogen-bond donors (Lipinski definition) is 1. The summed E-state index contributed by atoms with van der Waals surface area (Å²) in [5.74, 6) is -0.187. The molecule has 1 aliphatic heterocycles. The van der Waals surface area contributed by atoms with E-state index in [2.05, 4.69) is 10.3 Å². The number of anilines is 1. The Morgan fingerprint density at radius 3 is 2.78 bits per heavy atom. The molecule has 1 aliphatic rings. The van der Waals surface area contributed by atoms with Crippen LogP contribution in [-0.2, 0) is 9.53 Å². The summed E-state index contributed by atoms with van der Waals surface area (Å²) in [5, 5.41) is 3.25. The predicted molar refractivity (Wildman–Crippen MR) is 71.2 cm³/mol. The highest BCUT2D eigenvalue weighted by atomic mass is 35.5. The number of amides is 1. The monoisotopic (exact) mass is 288 g/mol. The smallest absolute Gasteiger partial charge is 0.253 e. The van der Waals surface area contributed by atoms with Crippen LogP contribution in [0.1, 0.15) is 25.3 Å². The highest BCUT2D eigenvalue weighted by Crippen LogP contribution is 2.28. The fourth-order valence-corrected chi connectivity index (χ4v) is 2.52. The van der Waals surface area contributed by atoms with Crippen LogP contribution in [0.3, 0.4) is 0 Å². The summed E-state index contributed by atoms with van der Waals surface area (Å²) in [6.07, 6.45) is 1.33. The quantitative estimate of drug-likeness (QED) is 0.851. The lowest BCUT2D eigenvalue weighted by atomic mass is 10.2. The normalized spacial score (nSPS) is 23.1. The van der Waals surface area contributed by atoms with Crippen LogP contribution in [0.25, 0.3) is 0 Å². The first-order valence-corrected chi connectivity index (χ1v) is 6.52. The Hall–Kier alpha value is -0.840. The van der Waals surface area contributed by atoms with Gasteiger partial charge in [0.1, 0.15) is 11.3 Å². The lowest BCUT2D eigenvalue weighted by Crippen LogP contribution is -2.28. The fourth-order valence-electron chi connectivity index (χ4n) is 1.94. The molecule has 0 aliphatic carbocycles. The van der Waals surface area contributed by atoms with Crippen LogP contribution in [0.2, 0.25) is 10.3 Å². The van der Waals surface area contributed by atoms with Crippen molar-refractivity contribution < 1.29 is 9.53 Å². The molecule has 18 heavy (non-hydrogen) atoms. The first-order valence-electron chi connectivity index (χ1n) is 5.76. The van der Waals surface area contributed by atoms with Gasteiger partial charge in [0, 0.05) is 0 Å². The molecule has 2 atom stereocenters. The molecule has 4 nitrogen and oxygen atoms in total. The lowest BCUT2D eigenvalue weighted by Gasteiger charge is -2.14. The zero-order valence-electron chi connectivity index (χ0n) is 10.2. The number of nitrogens with zero attached hydrogens (tertiary/aromatic N) is 1. The molecule has 1 saturated heterocycles. The van der Waals surface area contributed by atoms with Gasteiger partial charge in [0.05, 0.1) is 11.8 Å². The first-order chi connectivity index (χ1) is 8.47. The number of pyridine rings is 1. The number of hydrogen-bond acceptors (Lipinski definition) is 3. The van der Waals surface area contributed by atoms with Gasteiger partial charge in [-0.2, -0.15) is 0 Å². The maximum atomic E-state index is 12.0. The minimum absolute atomic E-state index is 0.126. The molecule has 6 heteroatoms. The predicted octanol–water partition coefficient (Wildman–Crippen LogP) is 3.20. The Balaban J connectivity index is 2.12. The molecule has 0 bridgehead atoms. The van der Waals surface area contributed by atoms with Gasteiger partial charge >= 0.3 is 0 Å². The van der Waals surface area contributed by atoms with Gasteiger partial charge in [-0.15, -0.1) is 0 Å². The Labute approximate surface area is 116 Å². The Morgan fingerprint density at radius 1 is 1.50 bits per heavy atom. The number of carbonyl (C=O) groups excluding carboxylic acids is 1. The van der Waals surface area contributed by atoms with Crippen LogP contribution in [-0.4, -0.2) is 23.1 Å². The summed E-state index contributed by atoms with van der Waals surface area (Å²) in [4.78, 5) is 15.9. The molecular weight excluding hydrogens is 275 g/mol. The zero-order chi connectivity index (χ0) is 13.3.